The van der Waals surface area contributed by atoms with Crippen LogP contribution in [0.1, 0.15) is 0 Å². The number of hydrogen-bond acceptors (Lipinski definition) is 8. The van der Waals surface area contributed by atoms with E-state index in [-0.39, 0.29) is 12.1 Å². The van der Waals surface area contributed by atoms with Crippen molar-refractivity contribution >= 4 is 23.7 Å². The SMILES string of the molecule is O=CC=CN1CC(Nc2cncc(-c3cnc(Oc4ccc(Cl)cc4)nc3)n2)C1. The van der Waals surface area contributed by atoms with Crippen LogP contribution in [0.2, 0.25) is 5.02 Å². The number of aldehydes is 1. The molecular formula is C20H17ClN6O2. The highest BCUT2D eigenvalue weighted by atomic mass is 35.5. The largest absolute Gasteiger partial charge is 0.424 e. The molecular weight excluding hydrogens is 392 g/mol. The van der Waals surface area contributed by atoms with E-state index in [0.717, 1.165) is 24.9 Å². The molecule has 1 fully saturated rings. The second-order valence-corrected chi connectivity index (χ2v) is 6.81. The molecule has 0 bridgehead atoms. The van der Waals surface area contributed by atoms with Gasteiger partial charge in [-0.3, -0.25) is 9.78 Å². The summed E-state index contributed by atoms with van der Waals surface area (Å²) in [5, 5.41) is 3.96. The molecule has 9 heteroatoms. The summed E-state index contributed by atoms with van der Waals surface area (Å²) in [4.78, 5) is 29.7. The smallest absolute Gasteiger partial charge is 0.321 e. The van der Waals surface area contributed by atoms with Gasteiger partial charge in [-0.05, 0) is 30.3 Å². The number of benzene rings is 1. The molecule has 0 spiro atoms. The fourth-order valence-corrected chi connectivity index (χ4v) is 2.90. The maximum atomic E-state index is 10.3. The fraction of sp³-hybridized carbons (Fsp3) is 0.150. The minimum atomic E-state index is 0.233. The molecule has 0 saturated carbocycles. The minimum absolute atomic E-state index is 0.233. The normalized spacial score (nSPS) is 13.9. The van der Waals surface area contributed by atoms with Crippen molar-refractivity contribution in [3.63, 3.8) is 0 Å². The molecule has 1 aliphatic heterocycles. The predicted octanol–water partition coefficient (Wildman–Crippen LogP) is 3.19. The van der Waals surface area contributed by atoms with Crippen LogP contribution >= 0.6 is 11.6 Å². The van der Waals surface area contributed by atoms with Gasteiger partial charge in [-0.1, -0.05) is 11.6 Å². The van der Waals surface area contributed by atoms with Gasteiger partial charge in [-0.15, -0.1) is 0 Å². The van der Waals surface area contributed by atoms with Gasteiger partial charge in [0.1, 0.15) is 17.9 Å². The Hall–Kier alpha value is -3.52. The maximum Gasteiger partial charge on any atom is 0.321 e. The summed E-state index contributed by atoms with van der Waals surface area (Å²) in [5.74, 6) is 1.28. The summed E-state index contributed by atoms with van der Waals surface area (Å²) in [5.41, 5.74) is 1.39. The molecule has 4 rings (SSSR count). The van der Waals surface area contributed by atoms with Crippen molar-refractivity contribution in [3.8, 4) is 23.0 Å². The molecule has 3 aromatic rings. The summed E-state index contributed by atoms with van der Waals surface area (Å²) in [6.45, 7) is 1.60. The number of anilines is 1. The average Bonchev–Trinajstić information content (AvgIpc) is 2.72. The Morgan fingerprint density at radius 3 is 2.59 bits per heavy atom. The molecule has 0 aliphatic carbocycles. The zero-order chi connectivity index (χ0) is 20.1. The summed E-state index contributed by atoms with van der Waals surface area (Å²) in [7, 11) is 0. The molecule has 8 nitrogen and oxygen atoms in total. The number of allylic oxidation sites excluding steroid dienone is 1. The lowest BCUT2D eigenvalue weighted by Crippen LogP contribution is -2.52. The van der Waals surface area contributed by atoms with E-state index in [2.05, 4.69) is 25.3 Å². The van der Waals surface area contributed by atoms with Crippen LogP contribution in [0, 0.1) is 0 Å². The lowest BCUT2D eigenvalue weighted by Gasteiger charge is -2.39. The van der Waals surface area contributed by atoms with E-state index >= 15 is 0 Å². The van der Waals surface area contributed by atoms with E-state index in [9.17, 15) is 4.79 Å². The molecule has 1 N–H and O–H groups in total. The van der Waals surface area contributed by atoms with Crippen LogP contribution in [0.5, 0.6) is 11.8 Å². The molecule has 0 atom stereocenters. The van der Waals surface area contributed by atoms with Gasteiger partial charge in [0.2, 0.25) is 0 Å². The highest BCUT2D eigenvalue weighted by Crippen LogP contribution is 2.22. The van der Waals surface area contributed by atoms with Crippen molar-refractivity contribution in [2.75, 3.05) is 18.4 Å². The van der Waals surface area contributed by atoms with Crippen molar-refractivity contribution < 1.29 is 9.53 Å². The van der Waals surface area contributed by atoms with Gasteiger partial charge in [0.05, 0.1) is 24.1 Å². The van der Waals surface area contributed by atoms with E-state index in [4.69, 9.17) is 16.3 Å². The van der Waals surface area contributed by atoms with Crippen molar-refractivity contribution in [2.24, 2.45) is 0 Å². The summed E-state index contributed by atoms with van der Waals surface area (Å²) < 4.78 is 5.60. The van der Waals surface area contributed by atoms with Crippen LogP contribution in [0.15, 0.2) is 61.3 Å². The second kappa shape index (κ2) is 8.66. The summed E-state index contributed by atoms with van der Waals surface area (Å²) >= 11 is 5.86. The van der Waals surface area contributed by atoms with E-state index in [1.807, 2.05) is 4.90 Å². The summed E-state index contributed by atoms with van der Waals surface area (Å²) in [6.07, 6.45) is 10.6. The standard InChI is InChI=1S/C20H17ClN6O2/c21-15-2-4-17(5-3-15)29-20-23-8-14(9-24-20)18-10-22-11-19(26-18)25-16-12-27(13-16)6-1-7-28/h1-11,16H,12-13H2,(H,25,26). The number of nitrogens with zero attached hydrogens (tertiary/aromatic N) is 5. The van der Waals surface area contributed by atoms with Crippen LogP contribution in [-0.2, 0) is 4.79 Å². The molecule has 0 unspecified atom stereocenters. The number of carbonyl (C=O) groups excluding carboxylic acids is 1. The number of ether oxygens (including phenoxy) is 1. The second-order valence-electron chi connectivity index (χ2n) is 6.37. The quantitative estimate of drug-likeness (QED) is 0.470. The first kappa shape index (κ1) is 18.8. The van der Waals surface area contributed by atoms with Crippen molar-refractivity contribution in [2.45, 2.75) is 6.04 Å². The summed E-state index contributed by atoms with van der Waals surface area (Å²) in [6, 6.07) is 7.45. The first-order valence-corrected chi connectivity index (χ1v) is 9.28. The Kier molecular flexibility index (Phi) is 5.62. The molecule has 2 aromatic heterocycles. The number of likely N-dealkylation sites (tertiary alicyclic amines) is 1. The van der Waals surface area contributed by atoms with Crippen molar-refractivity contribution in [1.29, 1.82) is 0 Å². The third kappa shape index (κ3) is 4.85. The topological polar surface area (TPSA) is 93.1 Å². The third-order valence-electron chi connectivity index (χ3n) is 4.22. The lowest BCUT2D eigenvalue weighted by molar-refractivity contribution is -0.104. The van der Waals surface area contributed by atoms with E-state index in [1.54, 1.807) is 55.3 Å². The van der Waals surface area contributed by atoms with E-state index < -0.39 is 0 Å². The van der Waals surface area contributed by atoms with Gasteiger partial charge >= 0.3 is 6.01 Å². The molecule has 1 saturated heterocycles. The van der Waals surface area contributed by atoms with Crippen molar-refractivity contribution in [1.82, 2.24) is 24.8 Å². The molecule has 0 radical (unpaired) electrons. The van der Waals surface area contributed by atoms with Crippen LogP contribution in [0.4, 0.5) is 5.82 Å². The van der Waals surface area contributed by atoms with Gasteiger partial charge in [0.15, 0.2) is 0 Å². The van der Waals surface area contributed by atoms with Crippen LogP contribution in [0.25, 0.3) is 11.3 Å². The number of halogens is 1. The lowest BCUT2D eigenvalue weighted by atomic mass is 10.1. The van der Waals surface area contributed by atoms with Crippen LogP contribution < -0.4 is 10.1 Å². The Morgan fingerprint density at radius 1 is 1.10 bits per heavy atom. The van der Waals surface area contributed by atoms with Gasteiger partial charge in [0, 0.05) is 42.3 Å². The molecule has 1 aliphatic rings. The van der Waals surface area contributed by atoms with Gasteiger partial charge in [-0.25, -0.2) is 15.0 Å². The maximum absolute atomic E-state index is 10.3. The minimum Gasteiger partial charge on any atom is -0.424 e. The van der Waals surface area contributed by atoms with E-state index in [0.29, 0.717) is 22.3 Å². The third-order valence-corrected chi connectivity index (χ3v) is 4.47. The zero-order valence-electron chi connectivity index (χ0n) is 15.3. The first-order chi connectivity index (χ1) is 14.2. The monoisotopic (exact) mass is 408 g/mol. The number of carbonyl (C=O) groups is 1. The Balaban J connectivity index is 1.38. The highest BCUT2D eigenvalue weighted by Gasteiger charge is 2.24. The number of nitrogens with one attached hydrogen (secondary N) is 1. The zero-order valence-corrected chi connectivity index (χ0v) is 16.0. The highest BCUT2D eigenvalue weighted by molar-refractivity contribution is 6.30. The van der Waals surface area contributed by atoms with Gasteiger partial charge < -0.3 is 15.0 Å². The van der Waals surface area contributed by atoms with E-state index in [1.165, 1.54) is 6.08 Å². The molecule has 0 amide bonds. The number of hydrogen-bond donors (Lipinski definition) is 1. The number of aromatic nitrogens is 4. The molecule has 1 aromatic carbocycles. The Labute approximate surface area is 172 Å². The molecule has 29 heavy (non-hydrogen) atoms. The molecule has 146 valence electrons. The first-order valence-electron chi connectivity index (χ1n) is 8.90. The Bertz CT molecular complexity index is 1000. The van der Waals surface area contributed by atoms with Crippen molar-refractivity contribution in [3.05, 3.63) is 66.4 Å². The fourth-order valence-electron chi connectivity index (χ4n) is 2.78. The van der Waals surface area contributed by atoms with Gasteiger partial charge in [0.25, 0.3) is 0 Å². The van der Waals surface area contributed by atoms with Gasteiger partial charge in [-0.2, -0.15) is 0 Å². The average molecular weight is 409 g/mol. The van der Waals surface area contributed by atoms with Crippen LogP contribution in [0.3, 0.4) is 0 Å². The number of rotatable bonds is 7. The molecule has 3 heterocycles. The Morgan fingerprint density at radius 2 is 1.86 bits per heavy atom. The predicted molar refractivity (Wildman–Crippen MR) is 109 cm³/mol. The van der Waals surface area contributed by atoms with Crippen LogP contribution in [-0.4, -0.2) is 50.3 Å².